The minimum atomic E-state index is -0.344. The topological polar surface area (TPSA) is 55.4 Å². The van der Waals surface area contributed by atoms with E-state index in [0.717, 1.165) is 29.5 Å². The Morgan fingerprint density at radius 1 is 1.08 bits per heavy atom. The Labute approximate surface area is 151 Å². The second-order valence-electron chi connectivity index (χ2n) is 5.75. The van der Waals surface area contributed by atoms with E-state index in [1.165, 1.54) is 5.56 Å². The SMILES string of the molecule is CCC(COc1ccc(C=C2SC(=O)NC2=O)cc1)c1ccccc1. The van der Waals surface area contributed by atoms with Gasteiger partial charge in [-0.25, -0.2) is 0 Å². The molecule has 128 valence electrons. The van der Waals surface area contributed by atoms with E-state index in [1.807, 2.05) is 42.5 Å². The third kappa shape index (κ3) is 4.51. The Hall–Kier alpha value is -2.53. The van der Waals surface area contributed by atoms with Crippen molar-refractivity contribution in [1.82, 2.24) is 5.32 Å². The smallest absolute Gasteiger partial charge is 0.290 e. The zero-order valence-electron chi connectivity index (χ0n) is 13.9. The van der Waals surface area contributed by atoms with Crippen LogP contribution in [0.15, 0.2) is 59.5 Å². The molecule has 0 aliphatic carbocycles. The molecule has 0 spiro atoms. The highest BCUT2D eigenvalue weighted by atomic mass is 32.2. The average Bonchev–Trinajstić information content (AvgIpc) is 2.95. The molecule has 1 N–H and O–H groups in total. The molecule has 1 fully saturated rings. The maximum Gasteiger partial charge on any atom is 0.290 e. The Balaban J connectivity index is 1.62. The number of benzene rings is 2. The van der Waals surface area contributed by atoms with Crippen LogP contribution in [0, 0.1) is 0 Å². The van der Waals surface area contributed by atoms with Crippen LogP contribution in [0.1, 0.15) is 30.4 Å². The fourth-order valence-corrected chi connectivity index (χ4v) is 3.29. The molecule has 1 aliphatic rings. The van der Waals surface area contributed by atoms with E-state index in [-0.39, 0.29) is 11.1 Å². The first kappa shape index (κ1) is 17.3. The van der Waals surface area contributed by atoms with E-state index in [1.54, 1.807) is 6.08 Å². The van der Waals surface area contributed by atoms with Crippen LogP contribution in [0.25, 0.3) is 6.08 Å². The first-order valence-corrected chi connectivity index (χ1v) is 9.00. The molecule has 3 rings (SSSR count). The number of hydrogen-bond donors (Lipinski definition) is 1. The van der Waals surface area contributed by atoms with Gasteiger partial charge in [0.25, 0.3) is 11.1 Å². The molecule has 2 aromatic rings. The van der Waals surface area contributed by atoms with Gasteiger partial charge in [-0.3, -0.25) is 14.9 Å². The first-order chi connectivity index (χ1) is 12.2. The van der Waals surface area contributed by atoms with Crippen molar-refractivity contribution >= 4 is 29.0 Å². The maximum absolute atomic E-state index is 11.6. The van der Waals surface area contributed by atoms with Crippen LogP contribution in [-0.2, 0) is 4.79 Å². The highest BCUT2D eigenvalue weighted by molar-refractivity contribution is 8.18. The van der Waals surface area contributed by atoms with Gasteiger partial charge in [0.1, 0.15) is 5.75 Å². The normalized spacial score (nSPS) is 16.8. The molecule has 4 nitrogen and oxygen atoms in total. The van der Waals surface area contributed by atoms with Crippen molar-refractivity contribution < 1.29 is 14.3 Å². The largest absolute Gasteiger partial charge is 0.493 e. The second kappa shape index (κ2) is 8.03. The summed E-state index contributed by atoms with van der Waals surface area (Å²) in [6, 6.07) is 17.9. The summed E-state index contributed by atoms with van der Waals surface area (Å²) in [5.41, 5.74) is 2.13. The minimum Gasteiger partial charge on any atom is -0.493 e. The summed E-state index contributed by atoms with van der Waals surface area (Å²) in [5.74, 6) is 0.799. The van der Waals surface area contributed by atoms with Gasteiger partial charge in [-0.05, 0) is 47.5 Å². The van der Waals surface area contributed by atoms with Gasteiger partial charge < -0.3 is 4.74 Å². The molecule has 1 aliphatic heterocycles. The second-order valence-corrected chi connectivity index (χ2v) is 6.76. The molecule has 1 unspecified atom stereocenters. The quantitative estimate of drug-likeness (QED) is 0.772. The van der Waals surface area contributed by atoms with Crippen LogP contribution in [0.3, 0.4) is 0 Å². The van der Waals surface area contributed by atoms with Gasteiger partial charge in [0, 0.05) is 5.92 Å². The van der Waals surface area contributed by atoms with Crippen LogP contribution in [0.5, 0.6) is 5.75 Å². The number of thioether (sulfide) groups is 1. The number of carbonyl (C=O) groups excluding carboxylic acids is 2. The standard InChI is InChI=1S/C20H19NO3S/c1-2-15(16-6-4-3-5-7-16)13-24-17-10-8-14(9-11-17)12-18-19(22)21-20(23)25-18/h3-12,15H,2,13H2,1H3,(H,21,22,23). The van der Waals surface area contributed by atoms with E-state index in [0.29, 0.717) is 17.4 Å². The van der Waals surface area contributed by atoms with Gasteiger partial charge in [0.05, 0.1) is 11.5 Å². The van der Waals surface area contributed by atoms with Crippen molar-refractivity contribution in [3.05, 3.63) is 70.6 Å². The summed E-state index contributed by atoms with van der Waals surface area (Å²) in [5, 5.41) is 1.91. The fourth-order valence-electron chi connectivity index (χ4n) is 2.60. The van der Waals surface area contributed by atoms with E-state index in [9.17, 15) is 9.59 Å². The number of hydrogen-bond acceptors (Lipinski definition) is 4. The van der Waals surface area contributed by atoms with Gasteiger partial charge in [0.2, 0.25) is 0 Å². The van der Waals surface area contributed by atoms with Crippen molar-refractivity contribution in [3.8, 4) is 5.75 Å². The third-order valence-corrected chi connectivity index (χ3v) is 4.85. The monoisotopic (exact) mass is 353 g/mol. The number of nitrogens with one attached hydrogen (secondary N) is 1. The lowest BCUT2D eigenvalue weighted by Gasteiger charge is -2.16. The van der Waals surface area contributed by atoms with Crippen molar-refractivity contribution in [2.75, 3.05) is 6.61 Å². The van der Waals surface area contributed by atoms with E-state index in [4.69, 9.17) is 4.74 Å². The highest BCUT2D eigenvalue weighted by Crippen LogP contribution is 2.26. The summed E-state index contributed by atoms with van der Waals surface area (Å²) >= 11 is 0.918. The Kier molecular flexibility index (Phi) is 5.56. The molecule has 1 saturated heterocycles. The predicted molar refractivity (Wildman–Crippen MR) is 101 cm³/mol. The van der Waals surface area contributed by atoms with E-state index >= 15 is 0 Å². The predicted octanol–water partition coefficient (Wildman–Crippen LogP) is 4.58. The fraction of sp³-hybridized carbons (Fsp3) is 0.200. The van der Waals surface area contributed by atoms with E-state index < -0.39 is 0 Å². The van der Waals surface area contributed by atoms with Gasteiger partial charge in [-0.2, -0.15) is 0 Å². The number of rotatable bonds is 6. The number of imide groups is 1. The van der Waals surface area contributed by atoms with Crippen LogP contribution in [0.2, 0.25) is 0 Å². The molecule has 1 heterocycles. The van der Waals surface area contributed by atoms with Crippen LogP contribution < -0.4 is 10.1 Å². The Morgan fingerprint density at radius 3 is 2.40 bits per heavy atom. The number of ether oxygens (including phenoxy) is 1. The average molecular weight is 353 g/mol. The van der Waals surface area contributed by atoms with Crippen LogP contribution in [-0.4, -0.2) is 17.8 Å². The molecule has 0 saturated carbocycles. The lowest BCUT2D eigenvalue weighted by atomic mass is 9.97. The molecule has 2 amide bonds. The van der Waals surface area contributed by atoms with Gasteiger partial charge in [-0.1, -0.05) is 49.4 Å². The summed E-state index contributed by atoms with van der Waals surface area (Å²) < 4.78 is 5.92. The summed E-state index contributed by atoms with van der Waals surface area (Å²) in [7, 11) is 0. The van der Waals surface area contributed by atoms with Crippen molar-refractivity contribution in [2.24, 2.45) is 0 Å². The molecule has 0 aromatic heterocycles. The first-order valence-electron chi connectivity index (χ1n) is 8.18. The van der Waals surface area contributed by atoms with Gasteiger partial charge in [0.15, 0.2) is 0 Å². The molecule has 0 radical (unpaired) electrons. The van der Waals surface area contributed by atoms with Gasteiger partial charge in [-0.15, -0.1) is 0 Å². The zero-order chi connectivity index (χ0) is 17.6. The van der Waals surface area contributed by atoms with Crippen molar-refractivity contribution in [1.29, 1.82) is 0 Å². The molecule has 0 bridgehead atoms. The van der Waals surface area contributed by atoms with Crippen molar-refractivity contribution in [3.63, 3.8) is 0 Å². The van der Waals surface area contributed by atoms with Crippen LogP contribution in [0.4, 0.5) is 4.79 Å². The molecule has 5 heteroatoms. The summed E-state index contributed by atoms with van der Waals surface area (Å²) in [4.78, 5) is 23.1. The molecular formula is C20H19NO3S. The Bertz CT molecular complexity index is 784. The van der Waals surface area contributed by atoms with Crippen molar-refractivity contribution in [2.45, 2.75) is 19.3 Å². The number of carbonyl (C=O) groups is 2. The summed E-state index contributed by atoms with van der Waals surface area (Å²) in [6.45, 7) is 2.77. The maximum atomic E-state index is 11.6. The highest BCUT2D eigenvalue weighted by Gasteiger charge is 2.24. The third-order valence-electron chi connectivity index (χ3n) is 4.03. The van der Waals surface area contributed by atoms with E-state index in [2.05, 4.69) is 24.4 Å². The molecular weight excluding hydrogens is 334 g/mol. The zero-order valence-corrected chi connectivity index (χ0v) is 14.7. The lowest BCUT2D eigenvalue weighted by Crippen LogP contribution is -2.17. The summed E-state index contributed by atoms with van der Waals surface area (Å²) in [6.07, 6.45) is 2.71. The molecule has 2 aromatic carbocycles. The lowest BCUT2D eigenvalue weighted by molar-refractivity contribution is -0.115. The molecule has 25 heavy (non-hydrogen) atoms. The Morgan fingerprint density at radius 2 is 1.80 bits per heavy atom. The van der Waals surface area contributed by atoms with Gasteiger partial charge >= 0.3 is 0 Å². The van der Waals surface area contributed by atoms with Crippen LogP contribution >= 0.6 is 11.8 Å². The number of amides is 2. The molecule has 1 atom stereocenters. The minimum absolute atomic E-state index is 0.331.